The Morgan fingerprint density at radius 2 is 1.00 bits per heavy atom. The first-order valence-electron chi connectivity index (χ1n) is 17.5. The lowest BCUT2D eigenvalue weighted by molar-refractivity contribution is 0.0491. The molecule has 0 amide bonds. The van der Waals surface area contributed by atoms with Crippen molar-refractivity contribution in [1.29, 1.82) is 0 Å². The lowest BCUT2D eigenvalue weighted by Crippen LogP contribution is -2.40. The van der Waals surface area contributed by atoms with Crippen LogP contribution >= 0.6 is 0 Å². The molecule has 4 heterocycles. The molecule has 0 atom stereocenters. The Balaban J connectivity index is 1.25. The SMILES string of the molecule is C=CCOc1nc(Nc2ccc(/C=C/c3ccc(Nc4nc(NN5CCOCC5)nc(OCC=C)n4)cc3S(=O)(=O)O)c(S(=O)(=O)O)c2)nc(NN2CCOCC2)n1. The van der Waals surface area contributed by atoms with E-state index in [1.807, 2.05) is 10.0 Å². The van der Waals surface area contributed by atoms with Crippen molar-refractivity contribution < 1.29 is 44.9 Å². The molecule has 0 aliphatic carbocycles. The maximum atomic E-state index is 12.6. The third-order valence-corrected chi connectivity index (χ3v) is 9.79. The van der Waals surface area contributed by atoms with Gasteiger partial charge in [0.15, 0.2) is 0 Å². The van der Waals surface area contributed by atoms with Crippen molar-refractivity contribution in [2.75, 3.05) is 87.3 Å². The van der Waals surface area contributed by atoms with Crippen LogP contribution < -0.4 is 31.0 Å². The van der Waals surface area contributed by atoms with Crippen LogP contribution in [0.5, 0.6) is 12.0 Å². The first kappa shape index (κ1) is 41.8. The van der Waals surface area contributed by atoms with Crippen LogP contribution in [-0.2, 0) is 29.7 Å². The fourth-order valence-corrected chi connectivity index (χ4v) is 6.76. The molecule has 0 spiro atoms. The Hall–Kier alpha value is -5.86. The Morgan fingerprint density at radius 1 is 0.621 bits per heavy atom. The number of ether oxygens (including phenoxy) is 4. The number of aromatic nitrogens is 6. The van der Waals surface area contributed by atoms with E-state index in [9.17, 15) is 25.9 Å². The Morgan fingerprint density at radius 3 is 1.36 bits per heavy atom. The Bertz CT molecular complexity index is 2200. The molecule has 2 aromatic carbocycles. The van der Waals surface area contributed by atoms with Gasteiger partial charge in [-0.1, -0.05) is 49.6 Å². The quantitative estimate of drug-likeness (QED) is 0.0477. The average molecular weight is 841 g/mol. The molecular formula is C34H40N12O10S2. The molecule has 6 N–H and O–H groups in total. The van der Waals surface area contributed by atoms with Gasteiger partial charge in [0.2, 0.25) is 23.8 Å². The minimum Gasteiger partial charge on any atom is -0.459 e. The first-order chi connectivity index (χ1) is 27.9. The molecule has 2 aliphatic heterocycles. The van der Waals surface area contributed by atoms with E-state index in [4.69, 9.17) is 18.9 Å². The summed E-state index contributed by atoms with van der Waals surface area (Å²) < 4.78 is 92.5. The van der Waals surface area contributed by atoms with Crippen LogP contribution in [0.15, 0.2) is 71.5 Å². The van der Waals surface area contributed by atoms with Crippen molar-refractivity contribution in [3.8, 4) is 12.0 Å². The second-order valence-electron chi connectivity index (χ2n) is 12.2. The van der Waals surface area contributed by atoms with E-state index in [0.29, 0.717) is 52.6 Å². The van der Waals surface area contributed by atoms with E-state index in [2.05, 4.69) is 64.5 Å². The summed E-state index contributed by atoms with van der Waals surface area (Å²) in [4.78, 5) is 24.6. The molecule has 2 fully saturated rings. The maximum Gasteiger partial charge on any atom is 0.323 e. The molecule has 2 aromatic heterocycles. The van der Waals surface area contributed by atoms with Crippen LogP contribution in [0.3, 0.4) is 0 Å². The van der Waals surface area contributed by atoms with Gasteiger partial charge in [0.05, 0.1) is 26.4 Å². The number of benzene rings is 2. The predicted molar refractivity (Wildman–Crippen MR) is 211 cm³/mol. The van der Waals surface area contributed by atoms with Crippen molar-refractivity contribution >= 4 is 67.6 Å². The van der Waals surface area contributed by atoms with Crippen LogP contribution in [0.4, 0.5) is 35.2 Å². The second-order valence-corrected chi connectivity index (χ2v) is 15.0. The summed E-state index contributed by atoms with van der Waals surface area (Å²) in [5.74, 6) is 0.265. The number of anilines is 6. The molecule has 2 saturated heterocycles. The van der Waals surface area contributed by atoms with Crippen LogP contribution in [0, 0.1) is 0 Å². The first-order valence-corrected chi connectivity index (χ1v) is 20.4. The summed E-state index contributed by atoms with van der Waals surface area (Å²) in [7, 11) is -9.68. The molecule has 24 heteroatoms. The number of nitrogens with zero attached hydrogens (tertiary/aromatic N) is 8. The minimum atomic E-state index is -4.84. The number of hydrazine groups is 2. The predicted octanol–water partition coefficient (Wildman–Crippen LogP) is 2.66. The number of rotatable bonds is 18. The van der Waals surface area contributed by atoms with Gasteiger partial charge in [-0.2, -0.15) is 46.7 Å². The van der Waals surface area contributed by atoms with Crippen molar-refractivity contribution in [2.45, 2.75) is 9.79 Å². The molecule has 0 saturated carbocycles. The summed E-state index contributed by atoms with van der Waals surface area (Å²) in [6, 6.07) is 7.89. The summed E-state index contributed by atoms with van der Waals surface area (Å²) in [5.41, 5.74) is 6.42. The van der Waals surface area contributed by atoms with Gasteiger partial charge in [-0.15, -0.1) is 0 Å². The highest BCUT2D eigenvalue weighted by Crippen LogP contribution is 2.28. The molecule has 308 valence electrons. The van der Waals surface area contributed by atoms with Gasteiger partial charge in [0.1, 0.15) is 23.0 Å². The zero-order valence-electron chi connectivity index (χ0n) is 30.8. The smallest absolute Gasteiger partial charge is 0.323 e. The molecule has 0 radical (unpaired) electrons. The summed E-state index contributed by atoms with van der Waals surface area (Å²) in [6.07, 6.45) is 5.54. The molecule has 0 unspecified atom stereocenters. The van der Waals surface area contributed by atoms with Crippen molar-refractivity contribution in [3.63, 3.8) is 0 Å². The van der Waals surface area contributed by atoms with E-state index >= 15 is 0 Å². The number of morpholine rings is 2. The number of hydrogen-bond donors (Lipinski definition) is 6. The van der Waals surface area contributed by atoms with E-state index in [-0.39, 0.29) is 71.5 Å². The van der Waals surface area contributed by atoms with Gasteiger partial charge in [0, 0.05) is 37.6 Å². The average Bonchev–Trinajstić information content (AvgIpc) is 3.19. The lowest BCUT2D eigenvalue weighted by atomic mass is 10.1. The second kappa shape index (κ2) is 19.1. The fourth-order valence-electron chi connectivity index (χ4n) is 5.34. The lowest BCUT2D eigenvalue weighted by Gasteiger charge is -2.26. The molecule has 0 bridgehead atoms. The number of hydrogen-bond acceptors (Lipinski definition) is 20. The van der Waals surface area contributed by atoms with Crippen LogP contribution in [0.1, 0.15) is 11.1 Å². The highest BCUT2D eigenvalue weighted by Gasteiger charge is 2.20. The Kier molecular flexibility index (Phi) is 13.7. The summed E-state index contributed by atoms with van der Waals surface area (Å²) >= 11 is 0. The van der Waals surface area contributed by atoms with Crippen LogP contribution in [0.25, 0.3) is 12.2 Å². The van der Waals surface area contributed by atoms with Gasteiger partial charge in [-0.05, 0) is 35.4 Å². The molecular weight excluding hydrogens is 801 g/mol. The van der Waals surface area contributed by atoms with Crippen LogP contribution in [0.2, 0.25) is 0 Å². The van der Waals surface area contributed by atoms with Crippen molar-refractivity contribution in [3.05, 3.63) is 72.8 Å². The molecule has 58 heavy (non-hydrogen) atoms. The molecule has 6 rings (SSSR count). The maximum absolute atomic E-state index is 12.6. The van der Waals surface area contributed by atoms with Crippen molar-refractivity contribution in [1.82, 2.24) is 39.9 Å². The molecule has 4 aromatic rings. The Labute approximate surface area is 333 Å². The van der Waals surface area contributed by atoms with Crippen molar-refractivity contribution in [2.24, 2.45) is 0 Å². The van der Waals surface area contributed by atoms with Crippen LogP contribution in [-0.4, -0.2) is 132 Å². The van der Waals surface area contributed by atoms with E-state index in [1.165, 1.54) is 48.6 Å². The van der Waals surface area contributed by atoms with Gasteiger partial charge < -0.3 is 29.6 Å². The zero-order valence-corrected chi connectivity index (χ0v) is 32.4. The number of nitrogens with one attached hydrogen (secondary N) is 4. The minimum absolute atomic E-state index is 0.0110. The highest BCUT2D eigenvalue weighted by atomic mass is 32.2. The monoisotopic (exact) mass is 840 g/mol. The molecule has 2 aliphatic rings. The van der Waals surface area contributed by atoms with E-state index in [0.717, 1.165) is 12.1 Å². The summed E-state index contributed by atoms with van der Waals surface area (Å²) in [6.45, 7) is 11.8. The third kappa shape index (κ3) is 11.8. The van der Waals surface area contributed by atoms with E-state index < -0.39 is 30.0 Å². The van der Waals surface area contributed by atoms with Gasteiger partial charge in [0.25, 0.3) is 20.2 Å². The fraction of sp³-hybridized carbons (Fsp3) is 0.294. The zero-order chi connectivity index (χ0) is 41.1. The topological polar surface area (TPSA) is 278 Å². The standard InChI is InChI=1S/C34H40N12O10S2/c1-3-15-55-33-39-29(37-31(41-33)43-45-11-17-53-18-12-45)35-25-9-7-23(27(21-25)57(47,48)49)5-6-24-8-10-26(22-28(24)58(50,51)52)36-30-38-32(42-34(40-30)56-16-4-2)44-46-13-19-54-20-14-46/h3-10,21-22H,1-2,11-20H2,(H,47,48,49)(H,50,51,52)(H2,35,37,39,41,43)(H2,36,38,40,42,44)/b6-5+. The third-order valence-electron chi connectivity index (χ3n) is 7.97. The van der Waals surface area contributed by atoms with Gasteiger partial charge in [-0.25, -0.2) is 10.0 Å². The normalized spacial score (nSPS) is 15.4. The van der Waals surface area contributed by atoms with E-state index in [1.54, 1.807) is 0 Å². The van der Waals surface area contributed by atoms with Gasteiger partial charge >= 0.3 is 12.0 Å². The molecule has 22 nitrogen and oxygen atoms in total. The largest absolute Gasteiger partial charge is 0.459 e. The summed E-state index contributed by atoms with van der Waals surface area (Å²) in [5, 5.41) is 9.49. The van der Waals surface area contributed by atoms with Gasteiger partial charge in [-0.3, -0.25) is 20.0 Å². The highest BCUT2D eigenvalue weighted by molar-refractivity contribution is 7.86.